The van der Waals surface area contributed by atoms with Crippen LogP contribution in [0.5, 0.6) is 0 Å². The van der Waals surface area contributed by atoms with E-state index in [0.29, 0.717) is 18.2 Å². The van der Waals surface area contributed by atoms with Crippen LogP contribution in [0.4, 0.5) is 0 Å². The highest BCUT2D eigenvalue weighted by Crippen LogP contribution is 2.42. The molecule has 1 aliphatic carbocycles. The normalized spacial score (nSPS) is 22.3. The zero-order chi connectivity index (χ0) is 27.4. The Balaban J connectivity index is 1.38. The number of rotatable bonds is 9. The van der Waals surface area contributed by atoms with Gasteiger partial charge in [0.25, 0.3) is 0 Å². The average molecular weight is 519 g/mol. The molecule has 39 heavy (non-hydrogen) atoms. The van der Waals surface area contributed by atoms with E-state index in [4.69, 9.17) is 10.7 Å². The van der Waals surface area contributed by atoms with Gasteiger partial charge in [0.05, 0.1) is 5.92 Å². The molecule has 4 nitrogen and oxygen atoms in total. The van der Waals surface area contributed by atoms with Crippen LogP contribution in [-0.4, -0.2) is 17.4 Å². The van der Waals surface area contributed by atoms with Crippen molar-refractivity contribution in [2.45, 2.75) is 57.4 Å². The van der Waals surface area contributed by atoms with Crippen molar-refractivity contribution < 1.29 is 9.59 Å². The molecule has 1 heterocycles. The number of carbonyl (C=O) groups excluding carboxylic acids is 2. The quantitative estimate of drug-likeness (QED) is 0.243. The third-order valence-corrected chi connectivity index (χ3v) is 8.55. The van der Waals surface area contributed by atoms with E-state index in [0.717, 1.165) is 60.8 Å². The first-order chi connectivity index (χ1) is 18.9. The number of allylic oxidation sites excluding steroid dienone is 1. The van der Waals surface area contributed by atoms with E-state index >= 15 is 0 Å². The Hall–Kier alpha value is -3.79. The standard InChI is InChI=1S/C35H38N2O2/c1-3-12-24(2)26-14-11-16-28(23-26)32(38)27-15-10-13-25(21-27)22-31-33(39)35(37-34(31)36,29-17-6-4-7-18-29)30-19-8-5-9-20-30/h4-10,13,15,17-21,26,28,31H,2-3,11-12,14,16,22-23H2,1H3,(H2,36,37). The number of nitrogens with zero attached hydrogens (tertiary/aromatic N) is 1. The second-order valence-corrected chi connectivity index (χ2v) is 11.1. The van der Waals surface area contributed by atoms with Crippen molar-refractivity contribution >= 4 is 17.4 Å². The Labute approximate surface area is 232 Å². The number of Topliss-reactive ketones (excluding diaryl/α,β-unsaturated/α-hetero) is 2. The van der Waals surface area contributed by atoms with Gasteiger partial charge in [-0.2, -0.15) is 0 Å². The maximum absolute atomic E-state index is 14.2. The molecular weight excluding hydrogens is 480 g/mol. The molecule has 1 saturated carbocycles. The van der Waals surface area contributed by atoms with Crippen LogP contribution in [0.15, 0.2) is 102 Å². The van der Waals surface area contributed by atoms with Gasteiger partial charge in [-0.1, -0.05) is 111 Å². The van der Waals surface area contributed by atoms with E-state index in [-0.39, 0.29) is 17.5 Å². The molecule has 0 amide bonds. The van der Waals surface area contributed by atoms with Crippen LogP contribution in [0.1, 0.15) is 72.5 Å². The summed E-state index contributed by atoms with van der Waals surface area (Å²) in [6, 6.07) is 27.1. The smallest absolute Gasteiger partial charge is 0.180 e. The zero-order valence-corrected chi connectivity index (χ0v) is 22.8. The highest BCUT2D eigenvalue weighted by atomic mass is 16.1. The molecule has 0 aromatic heterocycles. The summed E-state index contributed by atoms with van der Waals surface area (Å²) in [6.07, 6.45) is 6.56. The molecule has 0 spiro atoms. The Morgan fingerprint density at radius 1 is 0.949 bits per heavy atom. The molecule has 2 N–H and O–H groups in total. The third kappa shape index (κ3) is 5.25. The van der Waals surface area contributed by atoms with Crippen molar-refractivity contribution in [2.24, 2.45) is 28.5 Å². The first kappa shape index (κ1) is 26.8. The van der Waals surface area contributed by atoms with E-state index < -0.39 is 11.5 Å². The van der Waals surface area contributed by atoms with E-state index in [1.807, 2.05) is 84.9 Å². The first-order valence-electron chi connectivity index (χ1n) is 14.3. The predicted molar refractivity (Wildman–Crippen MR) is 158 cm³/mol. The summed E-state index contributed by atoms with van der Waals surface area (Å²) in [6.45, 7) is 6.49. The number of ketones is 2. The number of carbonyl (C=O) groups is 2. The average Bonchev–Trinajstić information content (AvgIpc) is 3.23. The largest absolute Gasteiger partial charge is 0.387 e. The molecule has 0 radical (unpaired) electrons. The SMILES string of the molecule is C=C(CCC)C1CCCC(C(=O)c2cccc(CC3C(=O)C(c4ccccc4)(c4ccccc4)N=C3N)c2)C1. The lowest BCUT2D eigenvalue weighted by atomic mass is 9.74. The van der Waals surface area contributed by atoms with Gasteiger partial charge in [-0.15, -0.1) is 0 Å². The molecular formula is C35H38N2O2. The van der Waals surface area contributed by atoms with Gasteiger partial charge in [-0.3, -0.25) is 9.59 Å². The second-order valence-electron chi connectivity index (χ2n) is 11.1. The topological polar surface area (TPSA) is 72.5 Å². The van der Waals surface area contributed by atoms with Crippen LogP contribution in [0, 0.1) is 17.8 Å². The fourth-order valence-electron chi connectivity index (χ4n) is 6.50. The van der Waals surface area contributed by atoms with Gasteiger partial charge in [-0.25, -0.2) is 4.99 Å². The van der Waals surface area contributed by atoms with Gasteiger partial charge >= 0.3 is 0 Å². The summed E-state index contributed by atoms with van der Waals surface area (Å²) in [4.78, 5) is 32.6. The molecule has 3 aromatic rings. The van der Waals surface area contributed by atoms with Gasteiger partial charge < -0.3 is 5.73 Å². The lowest BCUT2D eigenvalue weighted by molar-refractivity contribution is -0.123. The minimum atomic E-state index is -1.16. The zero-order valence-electron chi connectivity index (χ0n) is 22.8. The van der Waals surface area contributed by atoms with E-state index in [2.05, 4.69) is 13.5 Å². The number of hydrogen-bond acceptors (Lipinski definition) is 4. The lowest BCUT2D eigenvalue weighted by Gasteiger charge is -2.30. The Morgan fingerprint density at radius 3 is 2.23 bits per heavy atom. The van der Waals surface area contributed by atoms with Gasteiger partial charge in [0.2, 0.25) is 0 Å². The molecule has 200 valence electrons. The minimum Gasteiger partial charge on any atom is -0.387 e. The molecule has 5 rings (SSSR count). The molecule has 3 aromatic carbocycles. The van der Waals surface area contributed by atoms with Crippen LogP contribution in [0.3, 0.4) is 0 Å². The number of nitrogens with two attached hydrogens (primary N) is 1. The monoisotopic (exact) mass is 518 g/mol. The summed E-state index contributed by atoms with van der Waals surface area (Å²) in [7, 11) is 0. The summed E-state index contributed by atoms with van der Waals surface area (Å²) in [5.41, 5.74) is 9.90. The van der Waals surface area contributed by atoms with Crippen molar-refractivity contribution in [3.8, 4) is 0 Å². The van der Waals surface area contributed by atoms with Crippen LogP contribution in [0.25, 0.3) is 0 Å². The van der Waals surface area contributed by atoms with Crippen molar-refractivity contribution in [3.63, 3.8) is 0 Å². The Bertz CT molecular complexity index is 1340. The van der Waals surface area contributed by atoms with Crippen molar-refractivity contribution in [1.82, 2.24) is 0 Å². The van der Waals surface area contributed by atoms with Crippen LogP contribution < -0.4 is 5.73 Å². The fraction of sp³-hybridized carbons (Fsp3) is 0.343. The van der Waals surface area contributed by atoms with Gasteiger partial charge in [0.1, 0.15) is 5.84 Å². The van der Waals surface area contributed by atoms with E-state index in [1.165, 1.54) is 5.57 Å². The molecule has 3 atom stereocenters. The van der Waals surface area contributed by atoms with Crippen molar-refractivity contribution in [1.29, 1.82) is 0 Å². The molecule has 2 aliphatic rings. The van der Waals surface area contributed by atoms with Crippen LogP contribution >= 0.6 is 0 Å². The molecule has 0 bridgehead atoms. The van der Waals surface area contributed by atoms with E-state index in [9.17, 15) is 9.59 Å². The molecule has 1 fully saturated rings. The van der Waals surface area contributed by atoms with Crippen molar-refractivity contribution in [3.05, 3.63) is 119 Å². The Kier molecular flexibility index (Phi) is 7.92. The fourth-order valence-corrected chi connectivity index (χ4v) is 6.50. The minimum absolute atomic E-state index is 0.0242. The Morgan fingerprint density at radius 2 is 1.59 bits per heavy atom. The summed E-state index contributed by atoms with van der Waals surface area (Å²) < 4.78 is 0. The van der Waals surface area contributed by atoms with Crippen molar-refractivity contribution in [2.75, 3.05) is 0 Å². The molecule has 3 unspecified atom stereocenters. The number of hydrogen-bond donors (Lipinski definition) is 1. The number of aliphatic imine (C=N–C) groups is 1. The maximum Gasteiger partial charge on any atom is 0.180 e. The highest BCUT2D eigenvalue weighted by molar-refractivity contribution is 6.15. The maximum atomic E-state index is 14.2. The van der Waals surface area contributed by atoms with Gasteiger partial charge in [-0.05, 0) is 60.8 Å². The van der Waals surface area contributed by atoms with Crippen LogP contribution in [0.2, 0.25) is 0 Å². The summed E-state index contributed by atoms with van der Waals surface area (Å²) in [5, 5.41) is 0. The summed E-state index contributed by atoms with van der Waals surface area (Å²) >= 11 is 0. The third-order valence-electron chi connectivity index (χ3n) is 8.55. The molecule has 1 aliphatic heterocycles. The highest BCUT2D eigenvalue weighted by Gasteiger charge is 2.51. The predicted octanol–water partition coefficient (Wildman–Crippen LogP) is 7.07. The van der Waals surface area contributed by atoms with Crippen LogP contribution in [-0.2, 0) is 16.8 Å². The second kappa shape index (κ2) is 11.5. The van der Waals surface area contributed by atoms with Gasteiger partial charge in [0.15, 0.2) is 17.1 Å². The number of benzene rings is 3. The molecule has 0 saturated heterocycles. The summed E-state index contributed by atoms with van der Waals surface area (Å²) in [5.74, 6) is 0.413. The van der Waals surface area contributed by atoms with E-state index in [1.54, 1.807) is 0 Å². The van der Waals surface area contributed by atoms with Gasteiger partial charge in [0, 0.05) is 11.5 Å². The molecule has 4 heteroatoms. The number of amidine groups is 1. The lowest BCUT2D eigenvalue weighted by Crippen LogP contribution is -2.37. The first-order valence-corrected chi connectivity index (χ1v) is 14.3.